The first-order valence-corrected chi connectivity index (χ1v) is 8.72. The van der Waals surface area contributed by atoms with Crippen LogP contribution in [-0.4, -0.2) is 35.5 Å². The summed E-state index contributed by atoms with van der Waals surface area (Å²) < 4.78 is 6.01. The second kappa shape index (κ2) is 9.16. The molecule has 0 aliphatic carbocycles. The van der Waals surface area contributed by atoms with Gasteiger partial charge in [0, 0.05) is 18.7 Å². The molecule has 1 aromatic heterocycles. The second-order valence-corrected chi connectivity index (χ2v) is 6.62. The highest BCUT2D eigenvalue weighted by Crippen LogP contribution is 2.25. The van der Waals surface area contributed by atoms with Crippen LogP contribution in [0.15, 0.2) is 41.3 Å². The lowest BCUT2D eigenvalue weighted by Crippen LogP contribution is -2.24. The number of methoxy groups -OCH3 is 1. The molecule has 1 aromatic carbocycles. The smallest absolute Gasteiger partial charge is 0.230 e. The van der Waals surface area contributed by atoms with Gasteiger partial charge >= 0.3 is 0 Å². The summed E-state index contributed by atoms with van der Waals surface area (Å²) in [6.45, 7) is 4.70. The van der Waals surface area contributed by atoms with Crippen LogP contribution in [0.1, 0.15) is 5.56 Å². The summed E-state index contributed by atoms with van der Waals surface area (Å²) in [6.07, 6.45) is 1.75. The molecular weight excluding hydrogens is 332 g/mol. The molecule has 2 rings (SSSR count). The molecule has 23 heavy (non-hydrogen) atoms. The van der Waals surface area contributed by atoms with Gasteiger partial charge in [0.2, 0.25) is 11.0 Å². The predicted octanol–water partition coefficient (Wildman–Crippen LogP) is 2.55. The highest BCUT2D eigenvalue weighted by Gasteiger charge is 2.09. The van der Waals surface area contributed by atoms with Gasteiger partial charge in [-0.25, -0.2) is 0 Å². The van der Waals surface area contributed by atoms with Crippen LogP contribution in [0.25, 0.3) is 0 Å². The fourth-order valence-corrected chi connectivity index (χ4v) is 3.31. The van der Waals surface area contributed by atoms with Gasteiger partial charge in [-0.05, 0) is 6.07 Å². The summed E-state index contributed by atoms with van der Waals surface area (Å²) in [5, 5.41) is 14.7. The number of nitrogens with one attached hydrogen (secondary N) is 2. The van der Waals surface area contributed by atoms with Gasteiger partial charge in [-0.3, -0.25) is 4.79 Å². The minimum absolute atomic E-state index is 0.0586. The number of aromatic nitrogens is 2. The molecule has 0 fully saturated rings. The maximum atomic E-state index is 11.9. The molecule has 0 bridgehead atoms. The average Bonchev–Trinajstić information content (AvgIpc) is 3.04. The summed E-state index contributed by atoms with van der Waals surface area (Å²) in [5.74, 6) is 1.00. The van der Waals surface area contributed by atoms with E-state index in [2.05, 4.69) is 27.4 Å². The number of rotatable bonds is 9. The number of para-hydroxylation sites is 1. The van der Waals surface area contributed by atoms with Crippen molar-refractivity contribution >= 4 is 34.1 Å². The molecule has 0 saturated heterocycles. The van der Waals surface area contributed by atoms with Crippen molar-refractivity contribution in [3.63, 3.8) is 0 Å². The van der Waals surface area contributed by atoms with E-state index in [1.807, 2.05) is 24.3 Å². The fourth-order valence-electron chi connectivity index (χ4n) is 1.72. The van der Waals surface area contributed by atoms with Gasteiger partial charge in [-0.15, -0.1) is 16.8 Å². The van der Waals surface area contributed by atoms with Crippen molar-refractivity contribution in [1.29, 1.82) is 0 Å². The van der Waals surface area contributed by atoms with Crippen molar-refractivity contribution in [2.45, 2.75) is 10.9 Å². The van der Waals surface area contributed by atoms with E-state index < -0.39 is 0 Å². The zero-order valence-corrected chi connectivity index (χ0v) is 14.4. The van der Waals surface area contributed by atoms with Crippen molar-refractivity contribution < 1.29 is 9.53 Å². The Morgan fingerprint density at radius 2 is 2.26 bits per heavy atom. The topological polar surface area (TPSA) is 76.1 Å². The first kappa shape index (κ1) is 17.3. The number of benzene rings is 1. The molecule has 2 aromatic rings. The Bertz CT molecular complexity index is 660. The molecule has 0 spiro atoms. The van der Waals surface area contributed by atoms with Crippen LogP contribution in [0.4, 0.5) is 5.13 Å². The highest BCUT2D eigenvalue weighted by atomic mass is 32.2. The normalized spacial score (nSPS) is 10.1. The maximum Gasteiger partial charge on any atom is 0.230 e. The molecule has 0 aliphatic rings. The summed E-state index contributed by atoms with van der Waals surface area (Å²) >= 11 is 2.78. The largest absolute Gasteiger partial charge is 0.496 e. The summed E-state index contributed by atoms with van der Waals surface area (Å²) in [6, 6.07) is 7.61. The Morgan fingerprint density at radius 3 is 3.04 bits per heavy atom. The molecule has 0 saturated carbocycles. The zero-order valence-electron chi connectivity index (χ0n) is 12.7. The molecule has 2 N–H and O–H groups in total. The Morgan fingerprint density at radius 1 is 1.43 bits per heavy atom. The molecule has 0 radical (unpaired) electrons. The van der Waals surface area contributed by atoms with Crippen LogP contribution < -0.4 is 15.4 Å². The van der Waals surface area contributed by atoms with E-state index >= 15 is 0 Å². The van der Waals surface area contributed by atoms with Gasteiger partial charge in [0.05, 0.1) is 12.9 Å². The molecule has 122 valence electrons. The Balaban J connectivity index is 1.76. The minimum atomic E-state index is -0.0586. The predicted molar refractivity (Wildman–Crippen MR) is 94.2 cm³/mol. The molecule has 8 heteroatoms. The van der Waals surface area contributed by atoms with E-state index in [0.717, 1.165) is 20.8 Å². The monoisotopic (exact) mass is 350 g/mol. The van der Waals surface area contributed by atoms with Crippen molar-refractivity contribution in [2.75, 3.05) is 24.7 Å². The first-order valence-electron chi connectivity index (χ1n) is 6.92. The summed E-state index contributed by atoms with van der Waals surface area (Å²) in [7, 11) is 1.62. The fraction of sp³-hybridized carbons (Fsp3) is 0.267. The first-order chi connectivity index (χ1) is 11.2. The average molecular weight is 350 g/mol. The standard InChI is InChI=1S/C15H18N4O2S2/c1-3-8-16-14-18-19-15(23-14)22-10-13(20)17-9-11-6-4-5-7-12(11)21-2/h3-7H,1,8-10H2,2H3,(H,16,18)(H,17,20). The lowest BCUT2D eigenvalue weighted by Gasteiger charge is -2.09. The summed E-state index contributed by atoms with van der Waals surface area (Å²) in [5.41, 5.74) is 0.945. The molecule has 0 aliphatic heterocycles. The van der Waals surface area contributed by atoms with Crippen LogP contribution in [0, 0.1) is 0 Å². The molecule has 0 atom stereocenters. The Hall–Kier alpha value is -2.06. The van der Waals surface area contributed by atoms with Gasteiger partial charge in [-0.1, -0.05) is 47.4 Å². The third-order valence-corrected chi connectivity index (χ3v) is 4.81. The van der Waals surface area contributed by atoms with Crippen molar-refractivity contribution in [1.82, 2.24) is 15.5 Å². The number of carbonyl (C=O) groups is 1. The van der Waals surface area contributed by atoms with Crippen molar-refractivity contribution in [3.05, 3.63) is 42.5 Å². The van der Waals surface area contributed by atoms with Crippen LogP contribution in [-0.2, 0) is 11.3 Å². The van der Waals surface area contributed by atoms with E-state index in [9.17, 15) is 4.79 Å². The van der Waals surface area contributed by atoms with E-state index in [4.69, 9.17) is 4.74 Å². The Labute approximate surface area is 143 Å². The lowest BCUT2D eigenvalue weighted by atomic mass is 10.2. The van der Waals surface area contributed by atoms with Gasteiger partial charge in [0.15, 0.2) is 4.34 Å². The molecule has 0 unspecified atom stereocenters. The highest BCUT2D eigenvalue weighted by molar-refractivity contribution is 8.01. The molecule has 1 amide bonds. The number of nitrogens with zero attached hydrogens (tertiary/aromatic N) is 2. The van der Waals surface area contributed by atoms with Gasteiger partial charge < -0.3 is 15.4 Å². The molecule has 1 heterocycles. The number of amides is 1. The number of thioether (sulfide) groups is 1. The number of carbonyl (C=O) groups excluding carboxylic acids is 1. The summed E-state index contributed by atoms with van der Waals surface area (Å²) in [4.78, 5) is 11.9. The number of hydrogen-bond donors (Lipinski definition) is 2. The third kappa shape index (κ3) is 5.57. The van der Waals surface area contributed by atoms with Gasteiger partial charge in [0.1, 0.15) is 5.75 Å². The van der Waals surface area contributed by atoms with Crippen LogP contribution >= 0.6 is 23.1 Å². The maximum absolute atomic E-state index is 11.9. The van der Waals surface area contributed by atoms with Gasteiger partial charge in [-0.2, -0.15) is 0 Å². The second-order valence-electron chi connectivity index (χ2n) is 4.42. The van der Waals surface area contributed by atoms with Gasteiger partial charge in [0.25, 0.3) is 0 Å². The third-order valence-electron chi connectivity index (χ3n) is 2.80. The van der Waals surface area contributed by atoms with Crippen LogP contribution in [0.5, 0.6) is 5.75 Å². The van der Waals surface area contributed by atoms with E-state index in [1.54, 1.807) is 13.2 Å². The zero-order chi connectivity index (χ0) is 16.5. The number of anilines is 1. The van der Waals surface area contributed by atoms with Crippen molar-refractivity contribution in [3.8, 4) is 5.75 Å². The Kier molecular flexibility index (Phi) is 6.89. The molecule has 6 nitrogen and oxygen atoms in total. The van der Waals surface area contributed by atoms with Crippen molar-refractivity contribution in [2.24, 2.45) is 0 Å². The lowest BCUT2D eigenvalue weighted by molar-refractivity contribution is -0.118. The number of ether oxygens (including phenoxy) is 1. The quantitative estimate of drug-likeness (QED) is 0.535. The van der Waals surface area contributed by atoms with E-state index in [1.165, 1.54) is 23.1 Å². The van der Waals surface area contributed by atoms with Crippen LogP contribution in [0.2, 0.25) is 0 Å². The number of hydrogen-bond acceptors (Lipinski definition) is 7. The molecular formula is C15H18N4O2S2. The minimum Gasteiger partial charge on any atom is -0.496 e. The van der Waals surface area contributed by atoms with E-state index in [-0.39, 0.29) is 5.91 Å². The van der Waals surface area contributed by atoms with E-state index in [0.29, 0.717) is 18.8 Å². The SMILES string of the molecule is C=CCNc1nnc(SCC(=O)NCc2ccccc2OC)s1. The van der Waals surface area contributed by atoms with Crippen LogP contribution in [0.3, 0.4) is 0 Å².